The van der Waals surface area contributed by atoms with Crippen molar-refractivity contribution in [3.8, 4) is 0 Å². The molecule has 1 fully saturated rings. The second kappa shape index (κ2) is 7.46. The highest BCUT2D eigenvalue weighted by Crippen LogP contribution is 2.08. The zero-order chi connectivity index (χ0) is 15.1. The number of hydrogen-bond donors (Lipinski definition) is 3. The van der Waals surface area contributed by atoms with Crippen molar-refractivity contribution in [3.05, 3.63) is 0 Å². The van der Waals surface area contributed by atoms with Gasteiger partial charge in [0.05, 0.1) is 6.61 Å². The van der Waals surface area contributed by atoms with Gasteiger partial charge in [-0.3, -0.25) is 14.4 Å². The summed E-state index contributed by atoms with van der Waals surface area (Å²) in [7, 11) is 0. The quantitative estimate of drug-likeness (QED) is 0.525. The average molecular weight is 286 g/mol. The summed E-state index contributed by atoms with van der Waals surface area (Å²) in [5.74, 6) is -2.52. The van der Waals surface area contributed by atoms with Crippen LogP contribution < -0.4 is 10.6 Å². The molecule has 0 aliphatic carbocycles. The fourth-order valence-electron chi connectivity index (χ4n) is 1.84. The first kappa shape index (κ1) is 15.9. The molecule has 0 spiro atoms. The highest BCUT2D eigenvalue weighted by atomic mass is 16.5. The molecule has 8 heteroatoms. The number of aliphatic carboxylic acids is 1. The Kier molecular flexibility index (Phi) is 5.95. The van der Waals surface area contributed by atoms with E-state index in [1.54, 1.807) is 6.92 Å². The molecule has 2 amide bonds. The third-order valence-corrected chi connectivity index (χ3v) is 2.87. The second-order valence-corrected chi connectivity index (χ2v) is 4.40. The first-order chi connectivity index (χ1) is 9.43. The molecule has 0 unspecified atom stereocenters. The monoisotopic (exact) mass is 286 g/mol. The lowest BCUT2D eigenvalue weighted by Crippen LogP contribution is -2.48. The smallest absolute Gasteiger partial charge is 0.326 e. The van der Waals surface area contributed by atoms with Gasteiger partial charge in [-0.15, -0.1) is 0 Å². The molecule has 0 aromatic carbocycles. The van der Waals surface area contributed by atoms with E-state index in [0.29, 0.717) is 6.42 Å². The molecule has 2 atom stereocenters. The van der Waals surface area contributed by atoms with E-state index in [1.165, 1.54) is 0 Å². The summed E-state index contributed by atoms with van der Waals surface area (Å²) in [5.41, 5.74) is 0. The standard InChI is InChI=1S/C12H18N2O6/c1-2-20-10(16)6-4-8(12(18)19)14-11(17)7-3-5-9(15)13-7/h7-8H,2-6H2,1H3,(H,13,15)(H,14,17)(H,18,19)/t7-,8-/m0/s1. The summed E-state index contributed by atoms with van der Waals surface area (Å²) in [6, 6.07) is -1.88. The minimum atomic E-state index is -1.23. The van der Waals surface area contributed by atoms with E-state index in [1.807, 2.05) is 0 Å². The van der Waals surface area contributed by atoms with Crippen molar-refractivity contribution in [2.45, 2.75) is 44.7 Å². The molecule has 1 heterocycles. The van der Waals surface area contributed by atoms with Crippen LogP contribution in [0, 0.1) is 0 Å². The summed E-state index contributed by atoms with van der Waals surface area (Å²) in [5, 5.41) is 13.8. The van der Waals surface area contributed by atoms with Crippen molar-refractivity contribution in [1.82, 2.24) is 10.6 Å². The van der Waals surface area contributed by atoms with Gasteiger partial charge in [-0.05, 0) is 19.8 Å². The molecule has 0 saturated carbocycles. The highest BCUT2D eigenvalue weighted by Gasteiger charge is 2.30. The molecule has 0 radical (unpaired) electrons. The number of rotatable bonds is 7. The highest BCUT2D eigenvalue weighted by molar-refractivity contribution is 5.92. The van der Waals surface area contributed by atoms with Crippen LogP contribution >= 0.6 is 0 Å². The van der Waals surface area contributed by atoms with Gasteiger partial charge in [0.15, 0.2) is 0 Å². The van der Waals surface area contributed by atoms with Crippen molar-refractivity contribution in [2.75, 3.05) is 6.61 Å². The van der Waals surface area contributed by atoms with Gasteiger partial charge in [0.25, 0.3) is 0 Å². The van der Waals surface area contributed by atoms with Crippen LogP contribution in [0.5, 0.6) is 0 Å². The van der Waals surface area contributed by atoms with Crippen LogP contribution in [0.2, 0.25) is 0 Å². The van der Waals surface area contributed by atoms with Gasteiger partial charge in [-0.2, -0.15) is 0 Å². The maximum absolute atomic E-state index is 11.8. The molecule has 1 aliphatic rings. The van der Waals surface area contributed by atoms with Gasteiger partial charge in [0.1, 0.15) is 12.1 Å². The van der Waals surface area contributed by atoms with Crippen LogP contribution in [-0.4, -0.2) is 47.6 Å². The minimum Gasteiger partial charge on any atom is -0.480 e. The van der Waals surface area contributed by atoms with Crippen molar-refractivity contribution in [1.29, 1.82) is 0 Å². The van der Waals surface area contributed by atoms with Crippen molar-refractivity contribution >= 4 is 23.8 Å². The molecule has 0 aromatic rings. The Morgan fingerprint density at radius 1 is 1.50 bits per heavy atom. The fourth-order valence-corrected chi connectivity index (χ4v) is 1.84. The number of hydrogen-bond acceptors (Lipinski definition) is 5. The lowest BCUT2D eigenvalue weighted by atomic mass is 10.1. The molecule has 1 aliphatic heterocycles. The van der Waals surface area contributed by atoms with Crippen LogP contribution in [0.3, 0.4) is 0 Å². The normalized spacial score (nSPS) is 19.1. The Balaban J connectivity index is 2.46. The molecule has 112 valence electrons. The fraction of sp³-hybridized carbons (Fsp3) is 0.667. The van der Waals surface area contributed by atoms with Crippen LogP contribution in [-0.2, 0) is 23.9 Å². The Morgan fingerprint density at radius 2 is 2.20 bits per heavy atom. The van der Waals surface area contributed by atoms with E-state index in [0.717, 1.165) is 0 Å². The van der Waals surface area contributed by atoms with Crippen molar-refractivity contribution < 1.29 is 29.0 Å². The summed E-state index contributed by atoms with van der Waals surface area (Å²) in [4.78, 5) is 45.0. The predicted molar refractivity (Wildman–Crippen MR) is 66.6 cm³/mol. The Hall–Kier alpha value is -2.12. The van der Waals surface area contributed by atoms with Gasteiger partial charge >= 0.3 is 11.9 Å². The Morgan fingerprint density at radius 3 is 2.70 bits per heavy atom. The molecule has 0 bridgehead atoms. The average Bonchev–Trinajstić information content (AvgIpc) is 2.81. The number of esters is 1. The number of nitrogens with one attached hydrogen (secondary N) is 2. The topological polar surface area (TPSA) is 122 Å². The van der Waals surface area contributed by atoms with Crippen LogP contribution in [0.15, 0.2) is 0 Å². The van der Waals surface area contributed by atoms with Gasteiger partial charge in [0.2, 0.25) is 11.8 Å². The number of carbonyl (C=O) groups is 4. The Bertz CT molecular complexity index is 409. The van der Waals surface area contributed by atoms with Crippen molar-refractivity contribution in [2.24, 2.45) is 0 Å². The number of carboxylic acid groups (broad SMARTS) is 1. The summed E-state index contributed by atoms with van der Waals surface area (Å²) in [6.45, 7) is 1.87. The Labute approximate surface area is 115 Å². The number of amides is 2. The van der Waals surface area contributed by atoms with E-state index in [2.05, 4.69) is 15.4 Å². The lowest BCUT2D eigenvalue weighted by molar-refractivity contribution is -0.145. The van der Waals surface area contributed by atoms with Crippen LogP contribution in [0.4, 0.5) is 0 Å². The van der Waals surface area contributed by atoms with E-state index < -0.39 is 29.9 Å². The zero-order valence-corrected chi connectivity index (χ0v) is 11.2. The number of carboxylic acids is 1. The van der Waals surface area contributed by atoms with Gasteiger partial charge in [-0.25, -0.2) is 4.79 Å². The summed E-state index contributed by atoms with van der Waals surface area (Å²) < 4.78 is 4.69. The molecule has 1 saturated heterocycles. The SMILES string of the molecule is CCOC(=O)CC[C@H](NC(=O)[C@@H]1CCC(=O)N1)C(=O)O. The summed E-state index contributed by atoms with van der Waals surface area (Å²) >= 11 is 0. The third kappa shape index (κ3) is 4.87. The molecule has 20 heavy (non-hydrogen) atoms. The van der Waals surface area contributed by atoms with E-state index in [-0.39, 0.29) is 31.8 Å². The van der Waals surface area contributed by atoms with E-state index in [4.69, 9.17) is 5.11 Å². The maximum Gasteiger partial charge on any atom is 0.326 e. The summed E-state index contributed by atoms with van der Waals surface area (Å²) in [6.07, 6.45) is 0.441. The largest absolute Gasteiger partial charge is 0.480 e. The maximum atomic E-state index is 11.8. The molecular formula is C12H18N2O6. The molecule has 1 rings (SSSR count). The molecule has 8 nitrogen and oxygen atoms in total. The zero-order valence-electron chi connectivity index (χ0n) is 11.2. The van der Waals surface area contributed by atoms with Gasteiger partial charge in [-0.1, -0.05) is 0 Å². The van der Waals surface area contributed by atoms with Gasteiger partial charge in [0, 0.05) is 12.8 Å². The lowest BCUT2D eigenvalue weighted by Gasteiger charge is -2.17. The van der Waals surface area contributed by atoms with Gasteiger partial charge < -0.3 is 20.5 Å². The van der Waals surface area contributed by atoms with Crippen LogP contribution in [0.1, 0.15) is 32.6 Å². The first-order valence-electron chi connectivity index (χ1n) is 6.42. The van der Waals surface area contributed by atoms with Crippen molar-refractivity contribution in [3.63, 3.8) is 0 Å². The predicted octanol–water partition coefficient (Wildman–Crippen LogP) is -0.822. The third-order valence-electron chi connectivity index (χ3n) is 2.87. The molecule has 0 aromatic heterocycles. The van der Waals surface area contributed by atoms with E-state index in [9.17, 15) is 19.2 Å². The molecule has 3 N–H and O–H groups in total. The van der Waals surface area contributed by atoms with Crippen LogP contribution in [0.25, 0.3) is 0 Å². The molecular weight excluding hydrogens is 268 g/mol. The minimum absolute atomic E-state index is 0.0550. The van der Waals surface area contributed by atoms with E-state index >= 15 is 0 Å². The number of ether oxygens (including phenoxy) is 1. The first-order valence-corrected chi connectivity index (χ1v) is 6.42. The number of carbonyl (C=O) groups excluding carboxylic acids is 3. The second-order valence-electron chi connectivity index (χ2n) is 4.40.